The van der Waals surface area contributed by atoms with Crippen LogP contribution in [0.15, 0.2) is 63.4 Å². The Kier molecular flexibility index (Phi) is 2.29. The highest BCUT2D eigenvalue weighted by atomic mass is 16.4. The van der Waals surface area contributed by atoms with Gasteiger partial charge in [-0.3, -0.25) is 4.79 Å². The number of carbonyl (C=O) groups excluding carboxylic acids is 1. The maximum Gasteiger partial charge on any atom is 0.178 e. The number of Topliss-reactive ketones (excluding diaryl/α,β-unsaturated/α-hetero) is 1. The van der Waals surface area contributed by atoms with Crippen LogP contribution in [-0.4, -0.2) is 5.78 Å². The van der Waals surface area contributed by atoms with Crippen molar-refractivity contribution in [3.05, 3.63) is 60.2 Å². The van der Waals surface area contributed by atoms with Crippen LogP contribution in [-0.2, 0) is 0 Å². The number of rotatable bonds is 1. The third-order valence-corrected chi connectivity index (χ3v) is 4.39. The zero-order valence-corrected chi connectivity index (χ0v) is 12.4. The zero-order chi connectivity index (χ0) is 15.6. The van der Waals surface area contributed by atoms with E-state index in [1.54, 1.807) is 13.0 Å². The Morgan fingerprint density at radius 3 is 2.13 bits per heavy atom. The van der Waals surface area contributed by atoms with Gasteiger partial charge in [0.25, 0.3) is 0 Å². The first-order chi connectivity index (χ1) is 11.2. The van der Waals surface area contributed by atoms with Crippen molar-refractivity contribution >= 4 is 49.7 Å². The van der Waals surface area contributed by atoms with Gasteiger partial charge in [-0.1, -0.05) is 18.2 Å². The van der Waals surface area contributed by atoms with E-state index in [4.69, 9.17) is 8.83 Å². The summed E-state index contributed by atoms with van der Waals surface area (Å²) in [5.74, 6) is 0.0473. The summed E-state index contributed by atoms with van der Waals surface area (Å²) in [6.07, 6.45) is 0. The van der Waals surface area contributed by atoms with Gasteiger partial charge in [0.1, 0.15) is 11.2 Å². The molecule has 5 aromatic rings. The third kappa shape index (κ3) is 1.62. The average Bonchev–Trinajstić information content (AvgIpc) is 3.12. The first kappa shape index (κ1) is 12.5. The quantitative estimate of drug-likeness (QED) is 0.374. The Bertz CT molecular complexity index is 1240. The summed E-state index contributed by atoms with van der Waals surface area (Å²) in [4.78, 5) is 11.6. The number of ketones is 1. The molecule has 0 N–H and O–H groups in total. The maximum atomic E-state index is 11.6. The van der Waals surface area contributed by atoms with Crippen LogP contribution >= 0.6 is 0 Å². The molecule has 3 nitrogen and oxygen atoms in total. The maximum absolute atomic E-state index is 11.6. The van der Waals surface area contributed by atoms with Crippen molar-refractivity contribution in [3.8, 4) is 0 Å². The smallest absolute Gasteiger partial charge is 0.178 e. The summed E-state index contributed by atoms with van der Waals surface area (Å²) in [7, 11) is 0. The predicted octanol–water partition coefficient (Wildman–Crippen LogP) is 5.69. The molecule has 0 aliphatic rings. The average molecular weight is 300 g/mol. The van der Waals surface area contributed by atoms with E-state index < -0.39 is 0 Å². The van der Waals surface area contributed by atoms with Gasteiger partial charge in [-0.25, -0.2) is 0 Å². The molecule has 0 unspecified atom stereocenters. The van der Waals surface area contributed by atoms with Gasteiger partial charge in [0.05, 0.1) is 0 Å². The molecule has 3 aromatic carbocycles. The Morgan fingerprint density at radius 2 is 1.39 bits per heavy atom. The monoisotopic (exact) mass is 300 g/mol. The van der Waals surface area contributed by atoms with Crippen LogP contribution in [0, 0.1) is 0 Å². The fraction of sp³-hybridized carbons (Fsp3) is 0.0500. The molecule has 0 spiro atoms. The van der Waals surface area contributed by atoms with E-state index in [9.17, 15) is 4.79 Å². The lowest BCUT2D eigenvalue weighted by Gasteiger charge is -1.94. The van der Waals surface area contributed by atoms with Gasteiger partial charge in [-0.05, 0) is 43.3 Å². The molecule has 0 saturated carbocycles. The van der Waals surface area contributed by atoms with Crippen molar-refractivity contribution in [3.63, 3.8) is 0 Å². The number of benzene rings is 3. The lowest BCUT2D eigenvalue weighted by molar-refractivity contribution is 0.101. The molecule has 0 amide bonds. The summed E-state index contributed by atoms with van der Waals surface area (Å²) in [6, 6.07) is 17.6. The minimum Gasteiger partial charge on any atom is -0.452 e. The fourth-order valence-electron chi connectivity index (χ4n) is 3.24. The first-order valence-electron chi connectivity index (χ1n) is 7.50. The summed E-state index contributed by atoms with van der Waals surface area (Å²) < 4.78 is 12.0. The molecule has 5 rings (SSSR count). The van der Waals surface area contributed by atoms with E-state index in [0.717, 1.165) is 43.9 Å². The number of para-hydroxylation sites is 1. The van der Waals surface area contributed by atoms with Crippen LogP contribution in [0.4, 0.5) is 0 Å². The molecule has 0 aliphatic heterocycles. The molecule has 0 fully saturated rings. The molecule has 0 saturated heterocycles. The molecule has 0 radical (unpaired) electrons. The highest BCUT2D eigenvalue weighted by molar-refractivity contribution is 6.19. The van der Waals surface area contributed by atoms with E-state index in [0.29, 0.717) is 5.56 Å². The van der Waals surface area contributed by atoms with Crippen molar-refractivity contribution in [2.45, 2.75) is 6.92 Å². The Labute approximate surface area is 131 Å². The van der Waals surface area contributed by atoms with E-state index in [1.165, 1.54) is 0 Å². The van der Waals surface area contributed by atoms with Gasteiger partial charge in [0, 0.05) is 27.1 Å². The molecule has 3 heteroatoms. The van der Waals surface area contributed by atoms with E-state index in [1.807, 2.05) is 42.5 Å². The molecule has 2 heterocycles. The van der Waals surface area contributed by atoms with Crippen molar-refractivity contribution in [2.24, 2.45) is 0 Å². The second-order valence-corrected chi connectivity index (χ2v) is 5.79. The molecule has 0 bridgehead atoms. The topological polar surface area (TPSA) is 43.4 Å². The Balaban J connectivity index is 1.97. The summed E-state index contributed by atoms with van der Waals surface area (Å²) in [6.45, 7) is 1.57. The van der Waals surface area contributed by atoms with Crippen molar-refractivity contribution in [1.82, 2.24) is 0 Å². The Hall–Kier alpha value is -3.07. The molecular weight excluding hydrogens is 288 g/mol. The van der Waals surface area contributed by atoms with Crippen molar-refractivity contribution in [1.29, 1.82) is 0 Å². The first-order valence-corrected chi connectivity index (χ1v) is 7.50. The summed E-state index contributed by atoms with van der Waals surface area (Å²) in [5.41, 5.74) is 3.78. The SMILES string of the molecule is CC(=O)c1ccc2oc3c(ccc4c5ccccc5oc43)c2c1. The van der Waals surface area contributed by atoms with E-state index in [2.05, 4.69) is 6.07 Å². The summed E-state index contributed by atoms with van der Waals surface area (Å²) in [5, 5.41) is 4.03. The largest absolute Gasteiger partial charge is 0.452 e. The predicted molar refractivity (Wildman–Crippen MR) is 91.0 cm³/mol. The third-order valence-electron chi connectivity index (χ3n) is 4.39. The second-order valence-electron chi connectivity index (χ2n) is 5.79. The van der Waals surface area contributed by atoms with Gasteiger partial charge in [0.2, 0.25) is 0 Å². The second kappa shape index (κ2) is 4.23. The lowest BCUT2D eigenvalue weighted by Crippen LogP contribution is -1.89. The van der Waals surface area contributed by atoms with Crippen LogP contribution in [0.2, 0.25) is 0 Å². The van der Waals surface area contributed by atoms with Crippen LogP contribution in [0.1, 0.15) is 17.3 Å². The molecule has 2 aromatic heterocycles. The van der Waals surface area contributed by atoms with Crippen LogP contribution in [0.3, 0.4) is 0 Å². The zero-order valence-electron chi connectivity index (χ0n) is 12.4. The Morgan fingerprint density at radius 1 is 0.739 bits per heavy atom. The highest BCUT2D eigenvalue weighted by Crippen LogP contribution is 2.38. The molecule has 23 heavy (non-hydrogen) atoms. The summed E-state index contributed by atoms with van der Waals surface area (Å²) >= 11 is 0. The number of hydrogen-bond acceptors (Lipinski definition) is 3. The molecular formula is C20H12O3. The van der Waals surface area contributed by atoms with E-state index in [-0.39, 0.29) is 5.78 Å². The lowest BCUT2D eigenvalue weighted by atomic mass is 10.1. The molecule has 0 atom stereocenters. The minimum atomic E-state index is 0.0473. The number of hydrogen-bond donors (Lipinski definition) is 0. The van der Waals surface area contributed by atoms with Gasteiger partial charge >= 0.3 is 0 Å². The van der Waals surface area contributed by atoms with Crippen LogP contribution < -0.4 is 0 Å². The van der Waals surface area contributed by atoms with Crippen LogP contribution in [0.5, 0.6) is 0 Å². The van der Waals surface area contributed by atoms with Gasteiger partial charge in [-0.15, -0.1) is 0 Å². The molecule has 0 aliphatic carbocycles. The number of furan rings is 2. The highest BCUT2D eigenvalue weighted by Gasteiger charge is 2.16. The number of carbonyl (C=O) groups is 1. The fourth-order valence-corrected chi connectivity index (χ4v) is 3.24. The van der Waals surface area contributed by atoms with Gasteiger partial charge < -0.3 is 8.83 Å². The van der Waals surface area contributed by atoms with Crippen molar-refractivity contribution in [2.75, 3.05) is 0 Å². The van der Waals surface area contributed by atoms with Gasteiger partial charge in [-0.2, -0.15) is 0 Å². The standard InChI is InChI=1S/C20H12O3/c1-11(21)12-6-9-18-16(10-12)15-8-7-14-13-4-2-3-5-17(13)22-19(14)20(15)23-18/h2-10H,1H3. The van der Waals surface area contributed by atoms with Crippen molar-refractivity contribution < 1.29 is 13.6 Å². The number of fused-ring (bicyclic) bond motifs is 7. The molecule has 110 valence electrons. The normalized spacial score (nSPS) is 11.9. The van der Waals surface area contributed by atoms with Crippen LogP contribution in [0.25, 0.3) is 43.9 Å². The van der Waals surface area contributed by atoms with Gasteiger partial charge in [0.15, 0.2) is 16.9 Å². The van der Waals surface area contributed by atoms with E-state index >= 15 is 0 Å². The minimum absolute atomic E-state index is 0.0473.